The summed E-state index contributed by atoms with van der Waals surface area (Å²) in [5, 5.41) is 26.5. The van der Waals surface area contributed by atoms with Gasteiger partial charge in [-0.25, -0.2) is 10.3 Å². The van der Waals surface area contributed by atoms with Crippen molar-refractivity contribution in [2.75, 3.05) is 13.1 Å². The molecule has 0 saturated heterocycles. The molecule has 24 heavy (non-hydrogen) atoms. The van der Waals surface area contributed by atoms with E-state index in [9.17, 15) is 14.4 Å². The van der Waals surface area contributed by atoms with Crippen molar-refractivity contribution < 1.29 is 29.4 Å². The number of carboxylic acid groups (broad SMARTS) is 2. The highest BCUT2D eigenvalue weighted by Crippen LogP contribution is 2.05. The minimum Gasteiger partial charge on any atom is -0.480 e. The molecule has 1 atom stereocenters. The van der Waals surface area contributed by atoms with Crippen LogP contribution in [0.2, 0.25) is 0 Å². The number of hydrogen-bond acceptors (Lipinski definition) is 7. The van der Waals surface area contributed by atoms with Crippen molar-refractivity contribution >= 4 is 23.6 Å². The van der Waals surface area contributed by atoms with Crippen LogP contribution in [0.3, 0.4) is 0 Å². The Labute approximate surface area is 137 Å². The molecule has 0 aliphatic carbocycles. The SMILES string of the molecule is N=C(CNC(=O)c1ccc(CONCC(N)C(=O)O)cc1)C(=O)O. The van der Waals surface area contributed by atoms with Gasteiger partial charge in [0.05, 0.1) is 13.2 Å². The zero-order valence-corrected chi connectivity index (χ0v) is 12.6. The summed E-state index contributed by atoms with van der Waals surface area (Å²) >= 11 is 0. The molecule has 0 aliphatic rings. The van der Waals surface area contributed by atoms with Gasteiger partial charge < -0.3 is 21.3 Å². The predicted octanol–water partition coefficient (Wildman–Crippen LogP) is -1.05. The Morgan fingerprint density at radius 2 is 1.83 bits per heavy atom. The number of carbonyl (C=O) groups is 3. The molecule has 0 fully saturated rings. The largest absolute Gasteiger partial charge is 0.480 e. The molecule has 130 valence electrons. The van der Waals surface area contributed by atoms with Crippen molar-refractivity contribution in [2.24, 2.45) is 5.73 Å². The molecule has 0 aromatic heterocycles. The van der Waals surface area contributed by atoms with Crippen molar-refractivity contribution in [3.63, 3.8) is 0 Å². The van der Waals surface area contributed by atoms with Gasteiger partial charge in [0.1, 0.15) is 11.8 Å². The average molecular weight is 338 g/mol. The highest BCUT2D eigenvalue weighted by atomic mass is 16.6. The van der Waals surface area contributed by atoms with Gasteiger partial charge in [-0.3, -0.25) is 19.8 Å². The maximum absolute atomic E-state index is 11.8. The molecular formula is C14H18N4O6. The van der Waals surface area contributed by atoms with E-state index in [0.29, 0.717) is 5.56 Å². The van der Waals surface area contributed by atoms with Crippen molar-refractivity contribution in [3.8, 4) is 0 Å². The topological polar surface area (TPSA) is 175 Å². The number of amides is 1. The van der Waals surface area contributed by atoms with Gasteiger partial charge in [0, 0.05) is 12.1 Å². The van der Waals surface area contributed by atoms with Gasteiger partial charge in [0.25, 0.3) is 5.91 Å². The number of carbonyl (C=O) groups excluding carboxylic acids is 1. The molecule has 0 bridgehead atoms. The standard InChI is InChI=1S/C14H18N4O6/c15-10(13(20)21)5-17-12(19)9-3-1-8(2-4-9)7-24-18-6-11(16)14(22)23/h1-4,11,15,18H,5-7,16H2,(H,17,19)(H,20,21)(H,22,23). The third-order valence-electron chi connectivity index (χ3n) is 2.86. The third-order valence-corrected chi connectivity index (χ3v) is 2.86. The number of aliphatic carboxylic acids is 2. The predicted molar refractivity (Wildman–Crippen MR) is 82.5 cm³/mol. The van der Waals surface area contributed by atoms with E-state index in [-0.39, 0.29) is 19.7 Å². The molecule has 10 nitrogen and oxygen atoms in total. The molecule has 1 unspecified atom stereocenters. The molecule has 0 spiro atoms. The molecule has 0 aliphatic heterocycles. The van der Waals surface area contributed by atoms with E-state index in [0.717, 1.165) is 5.56 Å². The Balaban J connectivity index is 2.39. The number of benzene rings is 1. The van der Waals surface area contributed by atoms with Gasteiger partial charge in [-0.2, -0.15) is 0 Å². The lowest BCUT2D eigenvalue weighted by Gasteiger charge is -2.09. The molecule has 0 radical (unpaired) electrons. The molecule has 7 N–H and O–H groups in total. The lowest BCUT2D eigenvalue weighted by molar-refractivity contribution is -0.139. The first-order valence-corrected chi connectivity index (χ1v) is 6.82. The Kier molecular flexibility index (Phi) is 7.49. The monoisotopic (exact) mass is 338 g/mol. The Morgan fingerprint density at radius 1 is 1.21 bits per heavy atom. The van der Waals surface area contributed by atoms with Crippen LogP contribution in [0.4, 0.5) is 0 Å². The van der Waals surface area contributed by atoms with Crippen LogP contribution in [-0.2, 0) is 21.0 Å². The molecule has 1 aromatic carbocycles. The van der Waals surface area contributed by atoms with Crippen LogP contribution in [0.5, 0.6) is 0 Å². The normalized spacial score (nSPS) is 11.5. The zero-order valence-electron chi connectivity index (χ0n) is 12.6. The van der Waals surface area contributed by atoms with Crippen LogP contribution in [0.25, 0.3) is 0 Å². The fraction of sp³-hybridized carbons (Fsp3) is 0.286. The summed E-state index contributed by atoms with van der Waals surface area (Å²) in [6.07, 6.45) is 0. The van der Waals surface area contributed by atoms with E-state index in [1.54, 1.807) is 12.1 Å². The van der Waals surface area contributed by atoms with E-state index in [1.807, 2.05) is 0 Å². The van der Waals surface area contributed by atoms with E-state index in [1.165, 1.54) is 12.1 Å². The average Bonchev–Trinajstić information content (AvgIpc) is 2.56. The third kappa shape index (κ3) is 6.52. The van der Waals surface area contributed by atoms with Crippen LogP contribution in [0, 0.1) is 5.41 Å². The number of nitrogens with one attached hydrogen (secondary N) is 3. The van der Waals surface area contributed by atoms with E-state index >= 15 is 0 Å². The first-order chi connectivity index (χ1) is 11.3. The summed E-state index contributed by atoms with van der Waals surface area (Å²) < 4.78 is 0. The van der Waals surface area contributed by atoms with Crippen LogP contribution in [0.15, 0.2) is 24.3 Å². The number of hydrogen-bond donors (Lipinski definition) is 6. The zero-order chi connectivity index (χ0) is 18.1. The van der Waals surface area contributed by atoms with Gasteiger partial charge in [0.15, 0.2) is 0 Å². The minimum absolute atomic E-state index is 0.0502. The van der Waals surface area contributed by atoms with E-state index in [2.05, 4.69) is 10.8 Å². The van der Waals surface area contributed by atoms with Gasteiger partial charge in [-0.05, 0) is 17.7 Å². The Bertz CT molecular complexity index is 616. The fourth-order valence-electron chi connectivity index (χ4n) is 1.47. The van der Waals surface area contributed by atoms with Crippen molar-refractivity contribution in [1.82, 2.24) is 10.8 Å². The summed E-state index contributed by atoms with van der Waals surface area (Å²) in [6, 6.07) is 5.20. The first kappa shape index (κ1) is 19.2. The summed E-state index contributed by atoms with van der Waals surface area (Å²) in [4.78, 5) is 37.8. The highest BCUT2D eigenvalue weighted by molar-refractivity contribution is 6.35. The summed E-state index contributed by atoms with van der Waals surface area (Å²) in [6.45, 7) is -0.282. The minimum atomic E-state index is -1.39. The van der Waals surface area contributed by atoms with Gasteiger partial charge in [-0.1, -0.05) is 12.1 Å². The molecule has 0 saturated carbocycles. The van der Waals surface area contributed by atoms with Crippen molar-refractivity contribution in [3.05, 3.63) is 35.4 Å². The molecule has 1 rings (SSSR count). The van der Waals surface area contributed by atoms with Gasteiger partial charge in [-0.15, -0.1) is 0 Å². The fourth-order valence-corrected chi connectivity index (χ4v) is 1.47. The molecule has 10 heteroatoms. The molecule has 1 aromatic rings. The maximum Gasteiger partial charge on any atom is 0.351 e. The van der Waals surface area contributed by atoms with Crippen LogP contribution in [0.1, 0.15) is 15.9 Å². The second-order valence-electron chi connectivity index (χ2n) is 4.75. The lowest BCUT2D eigenvalue weighted by Crippen LogP contribution is -2.40. The smallest absolute Gasteiger partial charge is 0.351 e. The van der Waals surface area contributed by atoms with E-state index < -0.39 is 29.6 Å². The number of carboxylic acids is 2. The quantitative estimate of drug-likeness (QED) is 0.178. The van der Waals surface area contributed by atoms with Crippen LogP contribution in [-0.4, -0.2) is 52.9 Å². The Morgan fingerprint density at radius 3 is 2.38 bits per heavy atom. The second-order valence-corrected chi connectivity index (χ2v) is 4.75. The lowest BCUT2D eigenvalue weighted by atomic mass is 10.1. The Hall–Kier alpha value is -2.82. The summed E-state index contributed by atoms with van der Waals surface area (Å²) in [7, 11) is 0. The summed E-state index contributed by atoms with van der Waals surface area (Å²) in [5.74, 6) is -3.03. The van der Waals surface area contributed by atoms with Crippen LogP contribution < -0.4 is 16.5 Å². The van der Waals surface area contributed by atoms with Gasteiger partial charge in [0.2, 0.25) is 0 Å². The van der Waals surface area contributed by atoms with E-state index in [4.69, 9.17) is 26.2 Å². The molecular weight excluding hydrogens is 320 g/mol. The molecule has 1 amide bonds. The number of nitrogens with two attached hydrogens (primary N) is 1. The number of hydroxylamine groups is 1. The van der Waals surface area contributed by atoms with Gasteiger partial charge >= 0.3 is 11.9 Å². The molecule has 0 heterocycles. The van der Waals surface area contributed by atoms with Crippen molar-refractivity contribution in [1.29, 1.82) is 5.41 Å². The number of rotatable bonds is 10. The summed E-state index contributed by atoms with van der Waals surface area (Å²) in [5.41, 5.74) is 8.13. The highest BCUT2D eigenvalue weighted by Gasteiger charge is 2.11. The first-order valence-electron chi connectivity index (χ1n) is 6.82. The van der Waals surface area contributed by atoms with Crippen LogP contribution >= 0.6 is 0 Å². The maximum atomic E-state index is 11.8. The second kappa shape index (κ2) is 9.35. The van der Waals surface area contributed by atoms with Crippen molar-refractivity contribution in [2.45, 2.75) is 12.6 Å².